The fourth-order valence-corrected chi connectivity index (χ4v) is 8.24. The molecule has 0 aromatic carbocycles. The van der Waals surface area contributed by atoms with Crippen LogP contribution in [0.15, 0.2) is 36.5 Å². The summed E-state index contributed by atoms with van der Waals surface area (Å²) in [4.78, 5) is 25.4. The summed E-state index contributed by atoms with van der Waals surface area (Å²) in [6, 6.07) is -0.808. The second kappa shape index (κ2) is 43.9. The predicted octanol–water partition coefficient (Wildman–Crippen LogP) is 14.4. The lowest BCUT2D eigenvalue weighted by molar-refractivity contribution is -0.870. The molecule has 3 atom stereocenters. The Hall–Kier alpha value is -1.28. The van der Waals surface area contributed by atoms with Crippen molar-refractivity contribution in [3.05, 3.63) is 36.5 Å². The van der Waals surface area contributed by atoms with Crippen LogP contribution in [0.3, 0.4) is 0 Å². The van der Waals surface area contributed by atoms with Crippen molar-refractivity contribution in [2.24, 2.45) is 0 Å². The molecule has 3 unspecified atom stereocenters. The molecule has 360 valence electrons. The van der Waals surface area contributed by atoms with Gasteiger partial charge >= 0.3 is 0 Å². The van der Waals surface area contributed by atoms with Crippen LogP contribution >= 0.6 is 7.82 Å². The summed E-state index contributed by atoms with van der Waals surface area (Å²) in [6.07, 6.45) is 54.4. The Kier molecular flexibility index (Phi) is 43.0. The van der Waals surface area contributed by atoms with Crippen LogP contribution in [-0.2, 0) is 18.4 Å². The van der Waals surface area contributed by atoms with E-state index in [0.717, 1.165) is 64.2 Å². The van der Waals surface area contributed by atoms with E-state index in [0.29, 0.717) is 23.9 Å². The maximum absolute atomic E-state index is 12.9. The number of amides is 1. The molecular weight excluding hydrogens is 780 g/mol. The summed E-state index contributed by atoms with van der Waals surface area (Å²) in [5.41, 5.74) is 0. The number of allylic oxidation sites excluding steroid dienone is 6. The van der Waals surface area contributed by atoms with Gasteiger partial charge in [-0.1, -0.05) is 217 Å². The summed E-state index contributed by atoms with van der Waals surface area (Å²) in [5.74, 6) is -0.176. The molecule has 0 aromatic heterocycles. The topological polar surface area (TPSA) is 108 Å². The Morgan fingerprint density at radius 1 is 0.574 bits per heavy atom. The zero-order valence-corrected chi connectivity index (χ0v) is 41.8. The Balaban J connectivity index is 4.29. The van der Waals surface area contributed by atoms with Crippen LogP contribution < -0.4 is 10.2 Å². The number of likely N-dealkylation sites (N-methyl/N-ethyl adjacent to an activating group) is 1. The first-order valence-electron chi connectivity index (χ1n) is 25.8. The summed E-state index contributed by atoms with van der Waals surface area (Å²) in [5, 5.41) is 14.0. The molecule has 0 bridgehead atoms. The fraction of sp³-hybridized carbons (Fsp3) is 0.865. The highest BCUT2D eigenvalue weighted by atomic mass is 31.2. The molecule has 0 spiro atoms. The van der Waals surface area contributed by atoms with Gasteiger partial charge in [-0.3, -0.25) is 9.36 Å². The van der Waals surface area contributed by atoms with E-state index in [2.05, 4.69) is 55.6 Å². The van der Waals surface area contributed by atoms with E-state index in [4.69, 9.17) is 9.05 Å². The molecule has 1 amide bonds. The van der Waals surface area contributed by atoms with Gasteiger partial charge in [-0.25, -0.2) is 0 Å². The number of carbonyl (C=O) groups excluding carboxylic acids is 1. The molecule has 0 saturated carbocycles. The van der Waals surface area contributed by atoms with E-state index >= 15 is 0 Å². The van der Waals surface area contributed by atoms with Crippen LogP contribution in [0.25, 0.3) is 0 Å². The number of hydrogen-bond donors (Lipinski definition) is 2. The maximum atomic E-state index is 12.9. The van der Waals surface area contributed by atoms with Gasteiger partial charge in [0.1, 0.15) is 13.2 Å². The Labute approximate surface area is 378 Å². The van der Waals surface area contributed by atoms with Crippen molar-refractivity contribution in [1.82, 2.24) is 5.32 Å². The third-order valence-corrected chi connectivity index (χ3v) is 12.6. The first-order chi connectivity index (χ1) is 29.5. The maximum Gasteiger partial charge on any atom is 0.268 e. The molecule has 8 nitrogen and oxygen atoms in total. The Morgan fingerprint density at radius 3 is 1.41 bits per heavy atom. The Bertz CT molecular complexity index is 1090. The van der Waals surface area contributed by atoms with Crippen LogP contribution in [0.2, 0.25) is 0 Å². The molecule has 2 N–H and O–H groups in total. The number of unbranched alkanes of at least 4 members (excludes halogenated alkanes) is 28. The van der Waals surface area contributed by atoms with Gasteiger partial charge in [0.25, 0.3) is 7.82 Å². The second-order valence-corrected chi connectivity index (χ2v) is 20.3. The molecule has 0 heterocycles. The van der Waals surface area contributed by atoms with E-state index in [1.807, 2.05) is 21.1 Å². The third-order valence-electron chi connectivity index (χ3n) is 11.6. The van der Waals surface area contributed by atoms with Gasteiger partial charge in [0.15, 0.2) is 0 Å². The number of quaternary nitrogens is 1. The van der Waals surface area contributed by atoms with Crippen molar-refractivity contribution in [1.29, 1.82) is 0 Å². The molecule has 0 aliphatic heterocycles. The highest BCUT2D eigenvalue weighted by Crippen LogP contribution is 2.38. The first kappa shape index (κ1) is 59.7. The fourth-order valence-electron chi connectivity index (χ4n) is 7.52. The van der Waals surface area contributed by atoms with Gasteiger partial charge in [0.05, 0.1) is 39.9 Å². The smallest absolute Gasteiger partial charge is 0.268 e. The number of aliphatic hydroxyl groups excluding tert-OH is 1. The summed E-state index contributed by atoms with van der Waals surface area (Å²) in [7, 11) is 1.30. The van der Waals surface area contributed by atoms with Gasteiger partial charge in [-0.05, 0) is 51.4 Å². The van der Waals surface area contributed by atoms with Gasteiger partial charge < -0.3 is 28.8 Å². The highest BCUT2D eigenvalue weighted by molar-refractivity contribution is 7.45. The van der Waals surface area contributed by atoms with E-state index < -0.39 is 20.0 Å². The summed E-state index contributed by atoms with van der Waals surface area (Å²) >= 11 is 0. The minimum Gasteiger partial charge on any atom is -0.756 e. The quantitative estimate of drug-likeness (QED) is 0.0273. The van der Waals surface area contributed by atoms with Crippen LogP contribution in [0.1, 0.15) is 239 Å². The number of aliphatic hydroxyl groups is 1. The van der Waals surface area contributed by atoms with E-state index in [1.165, 1.54) is 148 Å². The molecule has 9 heteroatoms. The molecule has 0 aliphatic carbocycles. The number of carbonyl (C=O) groups is 1. The monoisotopic (exact) mass is 881 g/mol. The lowest BCUT2D eigenvalue weighted by Crippen LogP contribution is -2.46. The minimum atomic E-state index is -4.57. The second-order valence-electron chi connectivity index (χ2n) is 18.9. The number of phosphoric ester groups is 1. The van der Waals surface area contributed by atoms with E-state index in [1.54, 1.807) is 0 Å². The number of phosphoric acid groups is 1. The average molecular weight is 881 g/mol. The SMILES string of the molecule is CCCCC/C=C\C/C=C\C/C=C\CCCCCCCCC(=O)NC(COP(=O)([O-])OCC[N+](C)(C)C)C(O)CCCCCCCCCCCCCCCCCCCCCC. The molecule has 0 saturated heterocycles. The van der Waals surface area contributed by atoms with Crippen LogP contribution in [-0.4, -0.2) is 68.5 Å². The number of nitrogens with one attached hydrogen (secondary N) is 1. The van der Waals surface area contributed by atoms with Crippen molar-refractivity contribution in [3.8, 4) is 0 Å². The molecule has 61 heavy (non-hydrogen) atoms. The van der Waals surface area contributed by atoms with Crippen LogP contribution in [0, 0.1) is 0 Å². The zero-order chi connectivity index (χ0) is 45.0. The molecular formula is C52H101N2O6P. The van der Waals surface area contributed by atoms with Crippen molar-refractivity contribution in [2.75, 3.05) is 40.9 Å². The van der Waals surface area contributed by atoms with Crippen molar-refractivity contribution in [3.63, 3.8) is 0 Å². The zero-order valence-electron chi connectivity index (χ0n) is 40.9. The van der Waals surface area contributed by atoms with Crippen molar-refractivity contribution >= 4 is 13.7 Å². The average Bonchev–Trinajstić information content (AvgIpc) is 3.21. The van der Waals surface area contributed by atoms with Gasteiger partial charge in [0, 0.05) is 6.42 Å². The summed E-state index contributed by atoms with van der Waals surface area (Å²) in [6.45, 7) is 4.70. The molecule has 0 aromatic rings. The lowest BCUT2D eigenvalue weighted by Gasteiger charge is -2.30. The number of hydrogen-bond acceptors (Lipinski definition) is 6. The first-order valence-corrected chi connectivity index (χ1v) is 27.3. The molecule has 0 aliphatic rings. The largest absolute Gasteiger partial charge is 0.756 e. The van der Waals surface area contributed by atoms with Crippen LogP contribution in [0.4, 0.5) is 0 Å². The highest BCUT2D eigenvalue weighted by Gasteiger charge is 2.24. The molecule has 0 fully saturated rings. The standard InChI is InChI=1S/C52H101N2O6P/c1-6-8-10-12-14-16-18-20-22-24-26-28-29-31-33-35-37-39-41-43-45-51(55)50(49-60-61(57,58)59-48-47-54(3,4)5)53-52(56)46-44-42-40-38-36-34-32-30-27-25-23-21-19-17-15-13-11-9-7-2/h15,17,21,23,27,30,50-51,55H,6-14,16,18-20,22,24-26,28-29,31-49H2,1-5H3,(H-,53,56,57,58)/b17-15-,23-21-,30-27-. The predicted molar refractivity (Wildman–Crippen MR) is 261 cm³/mol. The number of rotatable bonds is 47. The van der Waals surface area contributed by atoms with Crippen LogP contribution in [0.5, 0.6) is 0 Å². The lowest BCUT2D eigenvalue weighted by atomic mass is 10.0. The number of nitrogens with zero attached hydrogens (tertiary/aromatic N) is 1. The van der Waals surface area contributed by atoms with Gasteiger partial charge in [0.2, 0.25) is 5.91 Å². The normalized spacial score (nSPS) is 14.4. The minimum absolute atomic E-state index is 0.00906. The van der Waals surface area contributed by atoms with Crippen molar-refractivity contribution in [2.45, 2.75) is 251 Å². The van der Waals surface area contributed by atoms with Gasteiger partial charge in [-0.2, -0.15) is 0 Å². The van der Waals surface area contributed by atoms with E-state index in [-0.39, 0.29) is 19.1 Å². The van der Waals surface area contributed by atoms with Crippen molar-refractivity contribution < 1.29 is 32.9 Å². The van der Waals surface area contributed by atoms with E-state index in [9.17, 15) is 19.4 Å². The molecule has 0 radical (unpaired) electrons. The Morgan fingerprint density at radius 2 is 0.951 bits per heavy atom. The van der Waals surface area contributed by atoms with Gasteiger partial charge in [-0.15, -0.1) is 0 Å². The molecule has 0 rings (SSSR count). The summed E-state index contributed by atoms with van der Waals surface area (Å²) < 4.78 is 23.4. The third kappa shape index (κ3) is 46.5.